The van der Waals surface area contributed by atoms with Gasteiger partial charge in [-0.1, -0.05) is 148 Å². The maximum Gasteiger partial charge on any atom is 0.472 e. The van der Waals surface area contributed by atoms with Crippen molar-refractivity contribution < 1.29 is 87.1 Å². The molecule has 71 heavy (non-hydrogen) atoms. The highest BCUT2D eigenvalue weighted by atomic mass is 31.2. The minimum absolute atomic E-state index is 0.0829. The van der Waals surface area contributed by atoms with Gasteiger partial charge in [0.25, 0.3) is 0 Å². The lowest BCUT2D eigenvalue weighted by atomic mass is 9.85. The van der Waals surface area contributed by atoms with E-state index in [9.17, 15) is 64.0 Å². The predicted molar refractivity (Wildman–Crippen MR) is 271 cm³/mol. The Morgan fingerprint density at radius 2 is 1.08 bits per heavy atom. The number of carbonyl (C=O) groups excluding carboxylic acids is 2. The highest BCUT2D eigenvalue weighted by molar-refractivity contribution is 7.47. The lowest BCUT2D eigenvalue weighted by molar-refractivity contribution is -0.216. The Balaban J connectivity index is 2.73. The summed E-state index contributed by atoms with van der Waals surface area (Å²) in [6.07, 6.45) is 32.2. The minimum Gasteiger partial charge on any atom is -0.462 e. The summed E-state index contributed by atoms with van der Waals surface area (Å²) in [5, 5.41) is 61.3. The SMILES string of the molecule is CC/C=C\C[C@@H](O)/C=C/C=C\C/C=C\C=C\[C@@H](O)/C=C\CCCC(=O)OC[C@H](COP(=O)(O)O[C@H]1C(O)C(O)C(O)[C@@H](OP(=O)(O)O)C1O)OC(=O)CCC/C=C\C/C=C\C/C=C\C/C=C\CCCCC. The summed E-state index contributed by atoms with van der Waals surface area (Å²) in [4.78, 5) is 54.3. The monoisotopic (exact) mass is 1040 g/mol. The molecule has 1 aliphatic carbocycles. The van der Waals surface area contributed by atoms with Crippen LogP contribution in [-0.4, -0.2) is 125 Å². The van der Waals surface area contributed by atoms with Crippen LogP contribution < -0.4 is 0 Å². The molecule has 0 saturated heterocycles. The summed E-state index contributed by atoms with van der Waals surface area (Å²) in [6.45, 7) is 2.67. The second-order valence-electron chi connectivity index (χ2n) is 16.5. The van der Waals surface area contributed by atoms with E-state index in [2.05, 4.69) is 41.8 Å². The number of hydrogen-bond donors (Lipinski definition) is 9. The van der Waals surface area contributed by atoms with Gasteiger partial charge in [-0.05, 0) is 77.0 Å². The summed E-state index contributed by atoms with van der Waals surface area (Å²) < 4.78 is 49.2. The lowest BCUT2D eigenvalue weighted by Crippen LogP contribution is -2.64. The molecule has 5 unspecified atom stereocenters. The Morgan fingerprint density at radius 1 is 0.549 bits per heavy atom. The van der Waals surface area contributed by atoms with Gasteiger partial charge in [-0.2, -0.15) is 0 Å². The summed E-state index contributed by atoms with van der Waals surface area (Å²) in [5.41, 5.74) is 0. The normalized spacial score (nSPS) is 22.8. The van der Waals surface area contributed by atoms with Crippen molar-refractivity contribution in [3.8, 4) is 0 Å². The topological polar surface area (TPSA) is 296 Å². The third-order valence-electron chi connectivity index (χ3n) is 10.2. The van der Waals surface area contributed by atoms with Crippen molar-refractivity contribution in [3.05, 3.63) is 122 Å². The van der Waals surface area contributed by atoms with Gasteiger partial charge < -0.3 is 54.8 Å². The number of carbonyl (C=O) groups is 2. The molecule has 0 aromatic heterocycles. The first-order valence-electron chi connectivity index (χ1n) is 24.3. The number of rotatable bonds is 38. The first-order chi connectivity index (χ1) is 33.9. The fourth-order valence-electron chi connectivity index (χ4n) is 6.40. The average Bonchev–Trinajstić information content (AvgIpc) is 3.32. The van der Waals surface area contributed by atoms with Crippen molar-refractivity contribution in [3.63, 3.8) is 0 Å². The van der Waals surface area contributed by atoms with E-state index in [0.717, 1.165) is 25.7 Å². The largest absolute Gasteiger partial charge is 0.472 e. The molecule has 9 N–H and O–H groups in total. The standard InChI is InChI=1S/C51H80O18P2/c1-3-5-7-8-9-10-11-12-13-14-15-16-17-18-22-25-31-38-45(55)67-43(40-66-71(63,64)69-51-48(58)46(56)47(57)50(49(51)59)68-70(60,61)62)39-65-44(54)37-32-26-30-36-42(53)35-29-24-21-19-20-23-28-34-41(52)33-27-6-4-2/h6,9-10,12-13,15-16,18,20-24,27-30,34-36,41-43,46-53,56-59H,3-5,7-8,11,14,17,19,25-26,31-33,37-40H2,1-2H3,(H,63,64)(H2,60,61,62)/b10-9-,13-12-,16-15-,22-18-,23-20-,24-21-,27-6-,34-28+,35-29+,36-30-/t41-,42-,43-,46?,47?,48?,49?,50-,51+/m1/s1. The molecule has 20 heteroatoms. The summed E-state index contributed by atoms with van der Waals surface area (Å²) in [5.74, 6) is -1.47. The number of hydrogen-bond acceptors (Lipinski definition) is 15. The van der Waals surface area contributed by atoms with Gasteiger partial charge in [-0.25, -0.2) is 9.13 Å². The van der Waals surface area contributed by atoms with E-state index >= 15 is 0 Å². The van der Waals surface area contributed by atoms with Gasteiger partial charge in [-0.3, -0.25) is 23.2 Å². The van der Waals surface area contributed by atoms with Crippen LogP contribution in [0.5, 0.6) is 0 Å². The van der Waals surface area contributed by atoms with Crippen LogP contribution in [0.15, 0.2) is 122 Å². The highest BCUT2D eigenvalue weighted by Gasteiger charge is 2.54. The second-order valence-corrected chi connectivity index (χ2v) is 19.1. The Hall–Kier alpha value is -3.68. The fourth-order valence-corrected chi connectivity index (χ4v) is 7.94. The molecule has 0 heterocycles. The molecule has 0 aromatic rings. The molecule has 0 aromatic carbocycles. The quantitative estimate of drug-likeness (QED) is 0.00954. The zero-order valence-corrected chi connectivity index (χ0v) is 42.9. The molecular formula is C51H80O18P2. The maximum atomic E-state index is 13.0. The number of aliphatic hydroxyl groups is 6. The Morgan fingerprint density at radius 3 is 1.68 bits per heavy atom. The van der Waals surface area contributed by atoms with Crippen molar-refractivity contribution in [2.75, 3.05) is 13.2 Å². The smallest absolute Gasteiger partial charge is 0.462 e. The highest BCUT2D eigenvalue weighted by Crippen LogP contribution is 2.49. The van der Waals surface area contributed by atoms with E-state index in [1.807, 2.05) is 55.5 Å². The fraction of sp³-hybridized carbons (Fsp3) is 0.569. The van der Waals surface area contributed by atoms with E-state index in [0.29, 0.717) is 44.9 Å². The Bertz CT molecular complexity index is 1860. The molecule has 402 valence electrons. The van der Waals surface area contributed by atoms with Crippen LogP contribution in [0.1, 0.15) is 117 Å². The van der Waals surface area contributed by atoms with Crippen molar-refractivity contribution in [2.45, 2.75) is 172 Å². The van der Waals surface area contributed by atoms with E-state index in [1.165, 1.54) is 19.3 Å². The number of ether oxygens (including phenoxy) is 2. The van der Waals surface area contributed by atoms with Crippen LogP contribution >= 0.6 is 15.6 Å². The Labute approximate surface area is 419 Å². The molecule has 18 nitrogen and oxygen atoms in total. The third-order valence-corrected chi connectivity index (χ3v) is 11.7. The number of esters is 2. The first-order valence-corrected chi connectivity index (χ1v) is 27.3. The summed E-state index contributed by atoms with van der Waals surface area (Å²) in [6, 6.07) is 0. The zero-order valence-electron chi connectivity index (χ0n) is 41.1. The third kappa shape index (κ3) is 34.4. The van der Waals surface area contributed by atoms with Gasteiger partial charge in [0.1, 0.15) is 43.2 Å². The van der Waals surface area contributed by atoms with E-state index < -0.39 is 95.7 Å². The van der Waals surface area contributed by atoms with Crippen molar-refractivity contribution in [1.29, 1.82) is 0 Å². The second kappa shape index (κ2) is 39.8. The van der Waals surface area contributed by atoms with E-state index in [1.54, 1.807) is 42.5 Å². The Kier molecular flexibility index (Phi) is 36.6. The van der Waals surface area contributed by atoms with Crippen molar-refractivity contribution in [2.24, 2.45) is 0 Å². The van der Waals surface area contributed by atoms with E-state index in [-0.39, 0.29) is 12.8 Å². The molecule has 0 bridgehead atoms. The number of phosphoric acid groups is 2. The van der Waals surface area contributed by atoms with Crippen LogP contribution in [-0.2, 0) is 41.8 Å². The van der Waals surface area contributed by atoms with Gasteiger partial charge in [0.05, 0.1) is 18.8 Å². The van der Waals surface area contributed by atoms with Crippen LogP contribution in [0.2, 0.25) is 0 Å². The zero-order chi connectivity index (χ0) is 52.8. The summed E-state index contributed by atoms with van der Waals surface area (Å²) in [7, 11) is -10.8. The molecule has 1 saturated carbocycles. The maximum absolute atomic E-state index is 13.0. The molecule has 1 aliphatic rings. The van der Waals surface area contributed by atoms with E-state index in [4.69, 9.17) is 18.5 Å². The van der Waals surface area contributed by atoms with Gasteiger partial charge in [-0.15, -0.1) is 0 Å². The molecule has 0 radical (unpaired) electrons. The number of phosphoric ester groups is 2. The van der Waals surface area contributed by atoms with Crippen LogP contribution in [0.4, 0.5) is 0 Å². The average molecular weight is 1040 g/mol. The number of aliphatic hydroxyl groups excluding tert-OH is 6. The lowest BCUT2D eigenvalue weighted by Gasteiger charge is -2.43. The van der Waals surface area contributed by atoms with Crippen LogP contribution in [0, 0.1) is 0 Å². The minimum atomic E-state index is -5.40. The van der Waals surface area contributed by atoms with Gasteiger partial charge in [0, 0.05) is 12.8 Å². The van der Waals surface area contributed by atoms with Crippen molar-refractivity contribution >= 4 is 27.6 Å². The van der Waals surface area contributed by atoms with Crippen LogP contribution in [0.3, 0.4) is 0 Å². The molecule has 1 rings (SSSR count). The molecule has 0 amide bonds. The predicted octanol–water partition coefficient (Wildman–Crippen LogP) is 7.44. The number of allylic oxidation sites excluding steroid dienone is 16. The molecular weight excluding hydrogens is 962 g/mol. The van der Waals surface area contributed by atoms with Crippen molar-refractivity contribution in [1.82, 2.24) is 0 Å². The van der Waals surface area contributed by atoms with Crippen LogP contribution in [0.25, 0.3) is 0 Å². The number of unbranched alkanes of at least 4 members (excludes halogenated alkanes) is 5. The molecule has 0 aliphatic heterocycles. The van der Waals surface area contributed by atoms with Gasteiger partial charge >= 0.3 is 27.6 Å². The van der Waals surface area contributed by atoms with Gasteiger partial charge in [0.2, 0.25) is 0 Å². The van der Waals surface area contributed by atoms with Gasteiger partial charge in [0.15, 0.2) is 6.10 Å². The first kappa shape index (κ1) is 65.3. The summed E-state index contributed by atoms with van der Waals surface area (Å²) >= 11 is 0. The molecule has 10 atom stereocenters. The molecule has 0 spiro atoms. The molecule has 1 fully saturated rings.